The number of nitrogens with one attached hydrogen (secondary N) is 3. The summed E-state index contributed by atoms with van der Waals surface area (Å²) in [5.41, 5.74) is 0.835. The van der Waals surface area contributed by atoms with Gasteiger partial charge < -0.3 is 20.5 Å². The first-order valence-electron chi connectivity index (χ1n) is 13.1. The lowest BCUT2D eigenvalue weighted by Crippen LogP contribution is -2.20. The molecule has 260 valence electrons. The Balaban J connectivity index is -0.000000535. The maximum atomic E-state index is 11.9. The molecule has 2 amide bonds. The number of fused-ring (bicyclic) bond motifs is 3. The number of halogens is 3. The summed E-state index contributed by atoms with van der Waals surface area (Å²) in [6.45, 7) is 2.60. The number of amides is 2. The molecule has 0 spiro atoms. The average Bonchev–Trinajstić information content (AvgIpc) is 3.80. The van der Waals surface area contributed by atoms with Crippen LogP contribution in [0.1, 0.15) is 52.8 Å². The van der Waals surface area contributed by atoms with Crippen LogP contribution in [0.25, 0.3) is 21.8 Å². The first-order valence-corrected chi connectivity index (χ1v) is 19.4. The van der Waals surface area contributed by atoms with Crippen molar-refractivity contribution in [3.8, 4) is 0 Å². The number of para-hydroxylation sites is 2. The van der Waals surface area contributed by atoms with Crippen LogP contribution in [0.2, 0.25) is 0 Å². The zero-order chi connectivity index (χ0) is 31.6. The van der Waals surface area contributed by atoms with Gasteiger partial charge in [0.05, 0.1) is 21.8 Å². The minimum atomic E-state index is -0.723. The Morgan fingerprint density at radius 1 is 0.766 bits per heavy atom. The van der Waals surface area contributed by atoms with Crippen molar-refractivity contribution in [2.75, 3.05) is 13.1 Å². The molecular formula is C30H40I3N5O9. The summed E-state index contributed by atoms with van der Waals surface area (Å²) in [5.74, 6) is 0.623. The van der Waals surface area contributed by atoms with Crippen molar-refractivity contribution in [3.63, 3.8) is 0 Å². The summed E-state index contributed by atoms with van der Waals surface area (Å²) >= 11 is 4.24. The number of carbonyl (C=O) groups excluding carboxylic acids is 4. The molecule has 47 heavy (non-hydrogen) atoms. The second-order valence-electron chi connectivity index (χ2n) is 8.94. The van der Waals surface area contributed by atoms with E-state index in [4.69, 9.17) is 9.59 Å². The van der Waals surface area contributed by atoms with E-state index in [2.05, 4.69) is 62.3 Å². The fourth-order valence-corrected chi connectivity index (χ4v) is 4.21. The highest BCUT2D eigenvalue weighted by atomic mass is 128. The molecule has 2 aromatic heterocycles. The van der Waals surface area contributed by atoms with E-state index < -0.39 is 11.4 Å². The zero-order valence-electron chi connectivity index (χ0n) is 23.8. The van der Waals surface area contributed by atoms with Crippen LogP contribution in [0.5, 0.6) is 0 Å². The number of aromatic nitrogens is 3. The summed E-state index contributed by atoms with van der Waals surface area (Å²) in [7, 11) is 0. The SMILES string of the molecule is C.C.I.II.O.O=C1CCCN1.O=C1CCCN1.O=C=O.O=c1[nH]c2ccccc2c(=O)o1.O=c1c2ccccc2nc2n1CCC2. The van der Waals surface area contributed by atoms with Gasteiger partial charge in [0.15, 0.2) is 0 Å². The van der Waals surface area contributed by atoms with Crippen LogP contribution >= 0.6 is 61.2 Å². The van der Waals surface area contributed by atoms with Crippen LogP contribution in [0, 0.1) is 0 Å². The summed E-state index contributed by atoms with van der Waals surface area (Å²) in [5, 5.41) is 6.48. The Morgan fingerprint density at radius 2 is 1.28 bits per heavy atom. The van der Waals surface area contributed by atoms with Gasteiger partial charge in [-0.25, -0.2) is 14.6 Å². The molecule has 5 N–H and O–H groups in total. The fraction of sp³-hybridized carbons (Fsp3) is 0.367. The lowest BCUT2D eigenvalue weighted by atomic mass is 10.2. The molecule has 3 aliphatic heterocycles. The third-order valence-electron chi connectivity index (χ3n) is 6.10. The third kappa shape index (κ3) is 16.1. The van der Waals surface area contributed by atoms with Crippen LogP contribution in [-0.2, 0) is 32.1 Å². The minimum absolute atomic E-state index is 0. The number of aromatic amines is 1. The number of nitrogens with zero attached hydrogens (tertiary/aromatic N) is 2. The number of rotatable bonds is 0. The summed E-state index contributed by atoms with van der Waals surface area (Å²) in [6, 6.07) is 14.2. The Labute approximate surface area is 311 Å². The van der Waals surface area contributed by atoms with E-state index in [-0.39, 0.29) is 67.8 Å². The first-order chi connectivity index (χ1) is 20.8. The van der Waals surface area contributed by atoms with Crippen molar-refractivity contribution in [1.82, 2.24) is 25.2 Å². The van der Waals surface area contributed by atoms with Gasteiger partial charge in [0.25, 0.3) is 5.56 Å². The number of aryl methyl sites for hydroxylation is 1. The lowest BCUT2D eigenvalue weighted by molar-refractivity contribution is -0.191. The molecule has 2 fully saturated rings. The first kappa shape index (κ1) is 48.4. The van der Waals surface area contributed by atoms with Gasteiger partial charge in [-0.15, -0.1) is 24.0 Å². The molecule has 17 heteroatoms. The highest BCUT2D eigenvalue weighted by molar-refractivity contribution is 15.0. The second kappa shape index (κ2) is 27.0. The van der Waals surface area contributed by atoms with E-state index in [1.807, 2.05) is 24.3 Å². The average molecular weight is 995 g/mol. The molecule has 4 aromatic rings. The van der Waals surface area contributed by atoms with Crippen molar-refractivity contribution in [2.45, 2.75) is 59.9 Å². The highest BCUT2D eigenvalue weighted by Gasteiger charge is 2.15. The second-order valence-corrected chi connectivity index (χ2v) is 8.94. The number of hydrogen-bond donors (Lipinski definition) is 3. The van der Waals surface area contributed by atoms with Crippen molar-refractivity contribution < 1.29 is 29.1 Å². The minimum Gasteiger partial charge on any atom is -0.412 e. The standard InChI is InChI=1S/C11H10N2O.C8H5NO3.2C4H7NO.CO2.2CH4.I2.HI.H2O/c14-11-8-4-1-2-5-9(8)12-10-6-3-7-13(10)11;10-7-5-3-1-2-4-6(5)9-8(11)12-7;2*6-4-2-1-3-5-4;2-1-3;;;1-2;;/h1-2,4-5H,3,6-7H2;1-4H,(H,9,11);2*1-3H2,(H,5,6);;2*1H4;;1H;1H2. The molecule has 3 aliphatic rings. The topological polar surface area (TPSA) is 222 Å². The number of H-pyrrole nitrogens is 1. The van der Waals surface area contributed by atoms with Gasteiger partial charge in [0.1, 0.15) is 5.82 Å². The molecule has 2 saturated heterocycles. The van der Waals surface area contributed by atoms with E-state index >= 15 is 0 Å². The summed E-state index contributed by atoms with van der Waals surface area (Å²) in [6.07, 6.45) is 5.75. The van der Waals surface area contributed by atoms with Gasteiger partial charge in [-0.1, -0.05) is 39.1 Å². The molecule has 0 radical (unpaired) electrons. The predicted octanol–water partition coefficient (Wildman–Crippen LogP) is 3.87. The number of hydrogen-bond acceptors (Lipinski definition) is 9. The van der Waals surface area contributed by atoms with Crippen molar-refractivity contribution in [1.29, 1.82) is 0 Å². The Morgan fingerprint density at radius 3 is 1.77 bits per heavy atom. The van der Waals surface area contributed by atoms with Gasteiger partial charge in [0.2, 0.25) is 11.8 Å². The zero-order valence-corrected chi connectivity index (χ0v) is 30.5. The van der Waals surface area contributed by atoms with E-state index in [0.717, 1.165) is 74.9 Å². The van der Waals surface area contributed by atoms with E-state index in [9.17, 15) is 24.0 Å². The third-order valence-corrected chi connectivity index (χ3v) is 6.10. The number of benzene rings is 2. The molecule has 5 heterocycles. The van der Waals surface area contributed by atoms with Crippen LogP contribution in [-0.4, -0.2) is 51.1 Å². The maximum absolute atomic E-state index is 11.9. The quantitative estimate of drug-likeness (QED) is 0.218. The lowest BCUT2D eigenvalue weighted by Gasteiger charge is -2.03. The largest absolute Gasteiger partial charge is 0.419 e. The van der Waals surface area contributed by atoms with Crippen molar-refractivity contribution >= 4 is 101 Å². The molecular weight excluding hydrogens is 955 g/mol. The van der Waals surface area contributed by atoms with Gasteiger partial charge in [0, 0.05) is 76.1 Å². The van der Waals surface area contributed by atoms with Crippen LogP contribution < -0.4 is 27.6 Å². The van der Waals surface area contributed by atoms with Crippen molar-refractivity contribution in [3.05, 3.63) is 85.7 Å². The molecule has 0 aliphatic carbocycles. The molecule has 7 rings (SSSR count). The van der Waals surface area contributed by atoms with E-state index in [1.165, 1.54) is 0 Å². The Hall–Kier alpha value is -3.01. The van der Waals surface area contributed by atoms with Gasteiger partial charge >= 0.3 is 17.5 Å². The summed E-state index contributed by atoms with van der Waals surface area (Å²) in [4.78, 5) is 77.0. The number of carbonyl (C=O) groups is 2. The normalized spacial score (nSPS) is 12.6. The Bertz CT molecular complexity index is 1700. The molecule has 0 bridgehead atoms. The van der Waals surface area contributed by atoms with Crippen LogP contribution in [0.3, 0.4) is 0 Å². The van der Waals surface area contributed by atoms with Gasteiger partial charge in [-0.3, -0.25) is 23.9 Å². The molecule has 2 aromatic carbocycles. The van der Waals surface area contributed by atoms with Gasteiger partial charge in [-0.2, -0.15) is 9.59 Å². The highest BCUT2D eigenvalue weighted by Crippen LogP contribution is 2.13. The predicted molar refractivity (Wildman–Crippen MR) is 207 cm³/mol. The van der Waals surface area contributed by atoms with Crippen LogP contribution in [0.4, 0.5) is 0 Å². The Kier molecular flexibility index (Phi) is 27.8. The maximum Gasteiger partial charge on any atom is 0.419 e. The summed E-state index contributed by atoms with van der Waals surface area (Å²) < 4.78 is 6.12. The molecule has 0 atom stereocenters. The molecule has 14 nitrogen and oxygen atoms in total. The smallest absolute Gasteiger partial charge is 0.412 e. The van der Waals surface area contributed by atoms with Gasteiger partial charge in [-0.05, 0) is 43.5 Å². The van der Waals surface area contributed by atoms with E-state index in [1.54, 1.807) is 28.8 Å². The molecule has 0 saturated carbocycles. The van der Waals surface area contributed by atoms with Crippen molar-refractivity contribution in [2.24, 2.45) is 0 Å². The molecule has 0 unspecified atom stereocenters. The monoisotopic (exact) mass is 995 g/mol. The fourth-order valence-electron chi connectivity index (χ4n) is 4.21. The van der Waals surface area contributed by atoms with E-state index in [0.29, 0.717) is 10.9 Å². The van der Waals surface area contributed by atoms with Crippen LogP contribution in [0.15, 0.2) is 67.3 Å².